The Balaban J connectivity index is 0.00000312. The van der Waals surface area contributed by atoms with Crippen LogP contribution in [0.3, 0.4) is 0 Å². The molecule has 0 unspecified atom stereocenters. The van der Waals surface area contributed by atoms with Crippen molar-refractivity contribution in [3.63, 3.8) is 0 Å². The number of hydrogen-bond acceptors (Lipinski definition) is 2. The normalized spacial score (nSPS) is 11.0. The number of nitrogens with zero attached hydrogens (tertiary/aromatic N) is 1. The summed E-state index contributed by atoms with van der Waals surface area (Å²) < 4.78 is 40.4. The molecule has 0 aliphatic heterocycles. The molecule has 0 saturated heterocycles. The number of rotatable bonds is 5. The predicted molar refractivity (Wildman–Crippen MR) is 89.5 cm³/mol. The molecule has 0 aromatic heterocycles. The molecule has 2 nitrogen and oxygen atoms in total. The standard InChI is InChI=1S/C18H11ClF3NO.Li/c1-3-9-23-17-11-13(10-16(19)15(17)4-2)12-5-7-14(8-6-12)24-18(20,21)22;/h1,3-10H,2H2;/q-2;+1. The molecule has 0 saturated carbocycles. The molecule has 0 amide bonds. The van der Waals surface area contributed by atoms with E-state index in [1.54, 1.807) is 6.07 Å². The molecule has 124 valence electrons. The van der Waals surface area contributed by atoms with Gasteiger partial charge in [-0.3, -0.25) is 6.58 Å². The Bertz CT molecular complexity index is 786. The Labute approximate surface area is 160 Å². The van der Waals surface area contributed by atoms with Crippen LogP contribution in [0.1, 0.15) is 5.56 Å². The zero-order chi connectivity index (χ0) is 17.7. The molecule has 0 fully saturated rings. The largest absolute Gasteiger partial charge is 1.00 e. The Kier molecular flexibility index (Phi) is 7.56. The molecule has 2 aromatic rings. The van der Waals surface area contributed by atoms with Gasteiger partial charge in [0.1, 0.15) is 5.75 Å². The third-order valence-electron chi connectivity index (χ3n) is 2.93. The first-order chi connectivity index (χ1) is 11.3. The van der Waals surface area contributed by atoms with Crippen molar-refractivity contribution in [1.82, 2.24) is 0 Å². The van der Waals surface area contributed by atoms with E-state index in [4.69, 9.17) is 18.2 Å². The molecule has 0 bridgehead atoms. The van der Waals surface area contributed by atoms with Gasteiger partial charge in [0.15, 0.2) is 0 Å². The summed E-state index contributed by atoms with van der Waals surface area (Å²) in [5.41, 5.74) is 2.17. The van der Waals surface area contributed by atoms with Gasteiger partial charge in [0.05, 0.1) is 0 Å². The molecule has 0 spiro atoms. The Morgan fingerprint density at radius 3 is 2.40 bits per heavy atom. The fourth-order valence-corrected chi connectivity index (χ4v) is 2.23. The van der Waals surface area contributed by atoms with Crippen molar-refractivity contribution < 1.29 is 36.8 Å². The summed E-state index contributed by atoms with van der Waals surface area (Å²) >= 11 is 6.20. The molecule has 0 atom stereocenters. The average Bonchev–Trinajstić information content (AvgIpc) is 2.51. The summed E-state index contributed by atoms with van der Waals surface area (Å²) in [7, 11) is 0. The van der Waals surface area contributed by atoms with Gasteiger partial charge in [0.2, 0.25) is 0 Å². The molecule has 0 aliphatic carbocycles. The monoisotopic (exact) mass is 356 g/mol. The van der Waals surface area contributed by atoms with Crippen LogP contribution in [0, 0.1) is 12.6 Å². The maximum absolute atomic E-state index is 12.2. The van der Waals surface area contributed by atoms with Crippen LogP contribution >= 0.6 is 11.6 Å². The Morgan fingerprint density at radius 1 is 1.24 bits per heavy atom. The van der Waals surface area contributed by atoms with Crippen molar-refractivity contribution in [3.05, 3.63) is 66.2 Å². The number of halogens is 4. The van der Waals surface area contributed by atoms with Crippen LogP contribution < -0.4 is 23.6 Å². The van der Waals surface area contributed by atoms with Gasteiger partial charge in [0.25, 0.3) is 0 Å². The third-order valence-corrected chi connectivity index (χ3v) is 3.24. The van der Waals surface area contributed by atoms with Gasteiger partial charge in [-0.25, -0.2) is 6.08 Å². The number of benzene rings is 2. The van der Waals surface area contributed by atoms with E-state index in [0.29, 0.717) is 27.4 Å². The molecule has 7 heteroatoms. The zero-order valence-electron chi connectivity index (χ0n) is 13.3. The molecule has 0 aliphatic rings. The Hall–Kier alpha value is -1.93. The topological polar surface area (TPSA) is 21.6 Å². The minimum Gasteiger partial charge on any atom is -0.406 e. The summed E-state index contributed by atoms with van der Waals surface area (Å²) in [6.07, 6.45) is -0.570. The van der Waals surface area contributed by atoms with E-state index in [9.17, 15) is 13.2 Å². The first kappa shape index (κ1) is 21.1. The fourth-order valence-electron chi connectivity index (χ4n) is 1.95. The van der Waals surface area contributed by atoms with E-state index < -0.39 is 6.36 Å². The Morgan fingerprint density at radius 2 is 1.88 bits per heavy atom. The fraction of sp³-hybridized carbons (Fsp3) is 0.0556. The maximum atomic E-state index is 12.2. The molecule has 25 heavy (non-hydrogen) atoms. The van der Waals surface area contributed by atoms with Gasteiger partial charge in [-0.2, -0.15) is 0 Å². The van der Waals surface area contributed by atoms with Crippen LogP contribution in [0.2, 0.25) is 5.02 Å². The predicted octanol–water partition coefficient (Wildman–Crippen LogP) is 3.04. The number of allylic oxidation sites excluding steroid dienone is 1. The van der Waals surface area contributed by atoms with Crippen molar-refractivity contribution in [2.75, 3.05) is 0 Å². The van der Waals surface area contributed by atoms with Crippen LogP contribution in [-0.4, -0.2) is 12.6 Å². The first-order valence-electron chi connectivity index (χ1n) is 6.66. The minimum absolute atomic E-state index is 0. The van der Waals surface area contributed by atoms with E-state index in [1.807, 2.05) is 0 Å². The molecule has 0 radical (unpaired) electrons. The van der Waals surface area contributed by atoms with E-state index in [-0.39, 0.29) is 24.6 Å². The van der Waals surface area contributed by atoms with E-state index >= 15 is 0 Å². The van der Waals surface area contributed by atoms with Crippen molar-refractivity contribution in [1.29, 1.82) is 0 Å². The molecular weight excluding hydrogens is 346 g/mol. The molecule has 2 aromatic carbocycles. The van der Waals surface area contributed by atoms with Crippen LogP contribution in [0.5, 0.6) is 5.75 Å². The van der Waals surface area contributed by atoms with Crippen LogP contribution in [0.4, 0.5) is 18.9 Å². The number of alkyl halides is 3. The second-order valence-corrected chi connectivity index (χ2v) is 4.95. The van der Waals surface area contributed by atoms with Crippen LogP contribution in [0.25, 0.3) is 17.2 Å². The van der Waals surface area contributed by atoms with Crippen molar-refractivity contribution in [2.24, 2.45) is 4.99 Å². The summed E-state index contributed by atoms with van der Waals surface area (Å²) in [5.74, 6) is -0.309. The average molecular weight is 357 g/mol. The second kappa shape index (κ2) is 8.96. The maximum Gasteiger partial charge on any atom is 1.00 e. The molecule has 2 rings (SSSR count). The van der Waals surface area contributed by atoms with E-state index in [1.165, 1.54) is 42.6 Å². The van der Waals surface area contributed by atoms with Gasteiger partial charge in [0, 0.05) is 0 Å². The summed E-state index contributed by atoms with van der Waals surface area (Å²) in [5, 5.41) is 0.388. The molecule has 0 N–H and O–H groups in total. The van der Waals surface area contributed by atoms with E-state index in [0.717, 1.165) is 0 Å². The number of ether oxygens (including phenoxy) is 1. The second-order valence-electron chi connectivity index (χ2n) is 4.54. The van der Waals surface area contributed by atoms with Crippen molar-refractivity contribution in [3.8, 4) is 16.9 Å². The van der Waals surface area contributed by atoms with Gasteiger partial charge in [-0.05, 0) is 22.8 Å². The van der Waals surface area contributed by atoms with Gasteiger partial charge in [-0.15, -0.1) is 61.3 Å². The van der Waals surface area contributed by atoms with E-state index in [2.05, 4.69) is 22.4 Å². The van der Waals surface area contributed by atoms with Gasteiger partial charge < -0.3 is 9.73 Å². The smallest absolute Gasteiger partial charge is 0.406 e. The molecular formula is C18H11ClF3LiNO-. The summed E-state index contributed by atoms with van der Waals surface area (Å²) in [6, 6.07) is 10.0. The van der Waals surface area contributed by atoms with Crippen LogP contribution in [-0.2, 0) is 0 Å². The first-order valence-corrected chi connectivity index (χ1v) is 7.04. The number of aliphatic imine (C=N–C) groups is 1. The third kappa shape index (κ3) is 5.82. The van der Waals surface area contributed by atoms with Crippen molar-refractivity contribution >= 4 is 29.6 Å². The van der Waals surface area contributed by atoms with Crippen molar-refractivity contribution in [2.45, 2.75) is 6.36 Å². The SMILES string of the molecule is [CH-]=CC=Nc1[c-]c(-c2ccc(OC(F)(F)F)cc2)cc(Cl)c1C=C.[Li+]. The number of hydrogen-bond donors (Lipinski definition) is 0. The summed E-state index contributed by atoms with van der Waals surface area (Å²) in [4.78, 5) is 4.12. The molecule has 0 heterocycles. The van der Waals surface area contributed by atoms with Gasteiger partial charge >= 0.3 is 25.2 Å². The quantitative estimate of drug-likeness (QED) is 0.458. The zero-order valence-corrected chi connectivity index (χ0v) is 14.0. The van der Waals surface area contributed by atoms with Crippen LogP contribution in [0.15, 0.2) is 48.0 Å². The van der Waals surface area contributed by atoms with Gasteiger partial charge in [-0.1, -0.05) is 23.3 Å². The minimum atomic E-state index is -4.73. The summed E-state index contributed by atoms with van der Waals surface area (Å²) in [6.45, 7) is 8.94.